The van der Waals surface area contributed by atoms with Crippen molar-refractivity contribution in [3.05, 3.63) is 0 Å². The molecule has 0 spiro atoms. The predicted octanol–water partition coefficient (Wildman–Crippen LogP) is 1.79. The van der Waals surface area contributed by atoms with Crippen LogP contribution in [0, 0.1) is 0 Å². The molecule has 29 heavy (non-hydrogen) atoms. The lowest BCUT2D eigenvalue weighted by Crippen LogP contribution is -2.22. The van der Waals surface area contributed by atoms with Gasteiger partial charge in [-0.3, -0.25) is 9.59 Å². The van der Waals surface area contributed by atoms with Gasteiger partial charge in [-0.1, -0.05) is 0 Å². The van der Waals surface area contributed by atoms with Gasteiger partial charge in [-0.15, -0.1) is 0 Å². The molecule has 0 rings (SSSR count). The molecule has 0 aliphatic heterocycles. The van der Waals surface area contributed by atoms with Gasteiger partial charge in [-0.25, -0.2) is 0 Å². The molecule has 2 N–H and O–H groups in total. The fourth-order valence-corrected chi connectivity index (χ4v) is 2.46. The van der Waals surface area contributed by atoms with Crippen LogP contribution >= 0.6 is 0 Å². The van der Waals surface area contributed by atoms with E-state index in [-0.39, 0.29) is 38.1 Å². The van der Waals surface area contributed by atoms with Crippen molar-refractivity contribution in [2.45, 2.75) is 58.0 Å². The summed E-state index contributed by atoms with van der Waals surface area (Å²) in [6.45, 7) is 5.52. The molecule has 0 aromatic rings. The Labute approximate surface area is 173 Å². The number of carbonyl (C=O) groups is 2. The number of carboxylic acid groups (broad SMARTS) is 1. The zero-order chi connectivity index (χ0) is 21.6. The highest BCUT2D eigenvalue weighted by atomic mass is 16.6. The van der Waals surface area contributed by atoms with E-state index in [0.29, 0.717) is 59.1 Å². The Morgan fingerprint density at radius 2 is 1.52 bits per heavy atom. The fourth-order valence-electron chi connectivity index (χ4n) is 2.46. The molecule has 0 aromatic heterocycles. The lowest BCUT2D eigenvalue weighted by Gasteiger charge is -2.17. The molecular formula is C20H38O9. The molecule has 1 atom stereocenters. The van der Waals surface area contributed by atoms with Gasteiger partial charge in [0.1, 0.15) is 6.61 Å². The molecule has 172 valence electrons. The molecule has 0 aliphatic carbocycles. The molecule has 0 heterocycles. The van der Waals surface area contributed by atoms with E-state index in [2.05, 4.69) is 0 Å². The van der Waals surface area contributed by atoms with Crippen molar-refractivity contribution in [2.24, 2.45) is 0 Å². The van der Waals surface area contributed by atoms with Crippen molar-refractivity contribution < 1.29 is 43.5 Å². The van der Waals surface area contributed by atoms with Crippen LogP contribution in [0.3, 0.4) is 0 Å². The molecule has 0 saturated carbocycles. The third-order valence-electron chi connectivity index (χ3n) is 3.89. The smallest absolute Gasteiger partial charge is 0.305 e. The molecule has 9 heteroatoms. The van der Waals surface area contributed by atoms with E-state index >= 15 is 0 Å². The Balaban J connectivity index is 3.58. The standard InChI is InChI=1S/C20H38O9/c1-2-28-18(7-5-6-11-25-13-14-26-12-10-21)17-27-15-16-29-20(24)9-4-3-8-19(22)23/h18,21H,2-17H2,1H3,(H,22,23). The first-order chi connectivity index (χ1) is 14.1. The van der Waals surface area contributed by atoms with Crippen LogP contribution in [-0.2, 0) is 33.3 Å². The first-order valence-electron chi connectivity index (χ1n) is 10.4. The van der Waals surface area contributed by atoms with Gasteiger partial charge < -0.3 is 33.9 Å². The van der Waals surface area contributed by atoms with Gasteiger partial charge in [0, 0.05) is 26.1 Å². The number of carboxylic acids is 1. The number of aliphatic hydroxyl groups is 1. The first-order valence-corrected chi connectivity index (χ1v) is 10.4. The summed E-state index contributed by atoms with van der Waals surface area (Å²) in [5.41, 5.74) is 0. The zero-order valence-corrected chi connectivity index (χ0v) is 17.6. The average molecular weight is 423 g/mol. The summed E-state index contributed by atoms with van der Waals surface area (Å²) in [6, 6.07) is 0. The van der Waals surface area contributed by atoms with E-state index in [1.54, 1.807) is 0 Å². The predicted molar refractivity (Wildman–Crippen MR) is 106 cm³/mol. The van der Waals surface area contributed by atoms with Gasteiger partial charge in [-0.2, -0.15) is 0 Å². The minimum Gasteiger partial charge on any atom is -0.481 e. The number of carbonyl (C=O) groups excluding carboxylic acids is 1. The summed E-state index contributed by atoms with van der Waals surface area (Å²) in [5.74, 6) is -1.19. The third-order valence-corrected chi connectivity index (χ3v) is 3.89. The maximum absolute atomic E-state index is 11.5. The number of esters is 1. The normalized spacial score (nSPS) is 12.1. The van der Waals surface area contributed by atoms with Crippen LogP contribution in [0.2, 0.25) is 0 Å². The molecule has 1 unspecified atom stereocenters. The van der Waals surface area contributed by atoms with Gasteiger partial charge in [0.25, 0.3) is 0 Å². The lowest BCUT2D eigenvalue weighted by atomic mass is 10.1. The lowest BCUT2D eigenvalue weighted by molar-refractivity contribution is -0.146. The molecule has 0 amide bonds. The maximum Gasteiger partial charge on any atom is 0.305 e. The van der Waals surface area contributed by atoms with Gasteiger partial charge in [-0.05, 0) is 39.0 Å². The van der Waals surface area contributed by atoms with Gasteiger partial charge in [0.15, 0.2) is 0 Å². The number of ether oxygens (including phenoxy) is 5. The summed E-state index contributed by atoms with van der Waals surface area (Å²) in [6.07, 6.45) is 4.02. The van der Waals surface area contributed by atoms with Crippen LogP contribution in [0.15, 0.2) is 0 Å². The van der Waals surface area contributed by atoms with Crippen molar-refractivity contribution >= 4 is 11.9 Å². The molecule has 0 fully saturated rings. The van der Waals surface area contributed by atoms with Gasteiger partial charge in [0.05, 0.1) is 45.7 Å². The number of rotatable bonds is 22. The van der Waals surface area contributed by atoms with E-state index in [4.69, 9.17) is 33.9 Å². The van der Waals surface area contributed by atoms with Crippen LogP contribution in [0.1, 0.15) is 51.9 Å². The van der Waals surface area contributed by atoms with Crippen molar-refractivity contribution in [3.63, 3.8) is 0 Å². The quantitative estimate of drug-likeness (QED) is 0.199. The minimum atomic E-state index is -0.855. The van der Waals surface area contributed by atoms with Gasteiger partial charge in [0.2, 0.25) is 0 Å². The highest BCUT2D eigenvalue weighted by Gasteiger charge is 2.09. The van der Waals surface area contributed by atoms with Crippen molar-refractivity contribution in [1.29, 1.82) is 0 Å². The highest BCUT2D eigenvalue weighted by Crippen LogP contribution is 2.07. The number of hydrogen-bond acceptors (Lipinski definition) is 8. The van der Waals surface area contributed by atoms with E-state index < -0.39 is 5.97 Å². The summed E-state index contributed by atoms with van der Waals surface area (Å²) in [7, 11) is 0. The fraction of sp³-hybridized carbons (Fsp3) is 0.900. The average Bonchev–Trinajstić information content (AvgIpc) is 2.69. The van der Waals surface area contributed by atoms with Crippen LogP contribution in [-0.4, -0.2) is 87.7 Å². The van der Waals surface area contributed by atoms with E-state index in [9.17, 15) is 9.59 Å². The summed E-state index contributed by atoms with van der Waals surface area (Å²) < 4.78 is 26.8. The Morgan fingerprint density at radius 1 is 0.828 bits per heavy atom. The zero-order valence-electron chi connectivity index (χ0n) is 17.6. The monoisotopic (exact) mass is 422 g/mol. The largest absolute Gasteiger partial charge is 0.481 e. The van der Waals surface area contributed by atoms with Crippen molar-refractivity contribution in [2.75, 3.05) is 59.5 Å². The third kappa shape index (κ3) is 21.3. The van der Waals surface area contributed by atoms with Crippen LogP contribution in [0.25, 0.3) is 0 Å². The Kier molecular flexibility index (Phi) is 20.5. The van der Waals surface area contributed by atoms with Crippen LogP contribution in [0.4, 0.5) is 0 Å². The molecule has 0 bridgehead atoms. The maximum atomic E-state index is 11.5. The highest BCUT2D eigenvalue weighted by molar-refractivity contribution is 5.69. The van der Waals surface area contributed by atoms with E-state index in [0.717, 1.165) is 19.3 Å². The number of unbranched alkanes of at least 4 members (excludes halogenated alkanes) is 2. The summed E-state index contributed by atoms with van der Waals surface area (Å²) >= 11 is 0. The Bertz CT molecular complexity index is 390. The number of aliphatic hydroxyl groups excluding tert-OH is 1. The molecule has 9 nitrogen and oxygen atoms in total. The second-order valence-corrected chi connectivity index (χ2v) is 6.42. The Morgan fingerprint density at radius 3 is 2.21 bits per heavy atom. The Hall–Kier alpha value is -1.26. The van der Waals surface area contributed by atoms with Crippen molar-refractivity contribution in [3.8, 4) is 0 Å². The van der Waals surface area contributed by atoms with E-state index in [1.807, 2.05) is 6.92 Å². The number of aliphatic carboxylic acids is 1. The molecular weight excluding hydrogens is 384 g/mol. The molecule has 0 aromatic carbocycles. The minimum absolute atomic E-state index is 0.000363. The molecule has 0 saturated heterocycles. The molecule has 0 radical (unpaired) electrons. The van der Waals surface area contributed by atoms with E-state index in [1.165, 1.54) is 0 Å². The first kappa shape index (κ1) is 27.7. The van der Waals surface area contributed by atoms with Crippen molar-refractivity contribution in [1.82, 2.24) is 0 Å². The van der Waals surface area contributed by atoms with Crippen LogP contribution < -0.4 is 0 Å². The van der Waals surface area contributed by atoms with Crippen LogP contribution in [0.5, 0.6) is 0 Å². The second kappa shape index (κ2) is 21.4. The van der Waals surface area contributed by atoms with Gasteiger partial charge >= 0.3 is 11.9 Å². The molecule has 0 aliphatic rings. The topological polar surface area (TPSA) is 121 Å². The number of hydrogen-bond donors (Lipinski definition) is 2. The summed E-state index contributed by atoms with van der Waals surface area (Å²) in [4.78, 5) is 21.9. The summed E-state index contributed by atoms with van der Waals surface area (Å²) in [5, 5.41) is 17.1. The second-order valence-electron chi connectivity index (χ2n) is 6.42. The SMILES string of the molecule is CCOC(CCCCOCCOCCO)COCCOC(=O)CCCCC(=O)O.